The van der Waals surface area contributed by atoms with Gasteiger partial charge in [0.05, 0.1) is 7.11 Å². The van der Waals surface area contributed by atoms with Crippen molar-refractivity contribution < 1.29 is 22.3 Å². The average Bonchev–Trinajstić information content (AvgIpc) is 2.18. The maximum absolute atomic E-state index is 9.22. The summed E-state index contributed by atoms with van der Waals surface area (Å²) in [5.41, 5.74) is 0. The fourth-order valence-corrected chi connectivity index (χ4v) is 1.40. The molecule has 0 aromatic heterocycles. The molecule has 16 heavy (non-hydrogen) atoms. The fraction of sp³-hybridized carbons (Fsp3) is 0.333. The zero-order chi connectivity index (χ0) is 12.8. The van der Waals surface area contributed by atoms with Crippen molar-refractivity contribution in [1.29, 1.82) is 0 Å². The van der Waals surface area contributed by atoms with E-state index in [1.807, 2.05) is 12.1 Å². The largest absolute Gasteiger partial charge is 0.726 e. The molecule has 0 saturated carbocycles. The van der Waals surface area contributed by atoms with Crippen molar-refractivity contribution in [2.75, 3.05) is 19.6 Å². The van der Waals surface area contributed by atoms with Crippen molar-refractivity contribution in [2.24, 2.45) is 0 Å². The minimum Gasteiger partial charge on any atom is -0.726 e. The molecule has 1 aromatic rings. The molecule has 0 heterocycles. The van der Waals surface area contributed by atoms with Gasteiger partial charge in [-0.15, -0.1) is 0 Å². The number of phenolic OH excluding ortho intramolecular Hbond substituents is 1. The highest BCUT2D eigenvalue weighted by Gasteiger charge is 2.05. The van der Waals surface area contributed by atoms with Gasteiger partial charge in [0.25, 0.3) is 0 Å². The predicted molar refractivity (Wildman–Crippen MR) is 62.3 cm³/mol. The minimum absolute atomic E-state index is 0.302. The van der Waals surface area contributed by atoms with Gasteiger partial charge < -0.3 is 9.66 Å². The Morgan fingerprint density at radius 3 is 1.88 bits per heavy atom. The summed E-state index contributed by atoms with van der Waals surface area (Å²) in [4.78, 5) is 1.29. The van der Waals surface area contributed by atoms with Crippen LogP contribution in [-0.2, 0) is 25.5 Å². The number of hydrogen-bond donors (Lipinski definition) is 1. The summed E-state index contributed by atoms with van der Waals surface area (Å²) in [7, 11) is -3.30. The van der Waals surface area contributed by atoms with E-state index < -0.39 is 10.4 Å². The van der Waals surface area contributed by atoms with Crippen LogP contribution >= 0.6 is 0 Å². The topological polar surface area (TPSA) is 86.7 Å². The van der Waals surface area contributed by atoms with Crippen molar-refractivity contribution in [2.45, 2.75) is 4.90 Å². The molecule has 0 atom stereocenters. The molecule has 0 unspecified atom stereocenters. The maximum atomic E-state index is 9.22. The Bertz CT molecular complexity index is 396. The first-order valence-corrected chi connectivity index (χ1v) is 7.52. The first-order valence-electron chi connectivity index (χ1n) is 4.14. The molecular weight excluding hydrogens is 252 g/mol. The summed E-state index contributed by atoms with van der Waals surface area (Å²) in [6.07, 6.45) is 4.32. The van der Waals surface area contributed by atoms with Crippen LogP contribution in [0, 0.1) is 0 Å². The molecule has 0 bridgehead atoms. The summed E-state index contributed by atoms with van der Waals surface area (Å²) in [6, 6.07) is 7.36. The Labute approximate surface area is 98.4 Å². The molecule has 7 heteroatoms. The SMILES string of the molecule is COS(=O)(=O)[O-].C[S+](C)c1ccc(O)cc1. The van der Waals surface area contributed by atoms with E-state index in [1.165, 1.54) is 4.90 Å². The molecule has 0 fully saturated rings. The van der Waals surface area contributed by atoms with Crippen LogP contribution in [0.3, 0.4) is 0 Å². The lowest BCUT2D eigenvalue weighted by molar-refractivity contribution is 0.314. The lowest BCUT2D eigenvalue weighted by atomic mass is 10.3. The third-order valence-corrected chi connectivity index (χ3v) is 3.14. The van der Waals surface area contributed by atoms with E-state index in [4.69, 9.17) is 5.11 Å². The monoisotopic (exact) mass is 266 g/mol. The van der Waals surface area contributed by atoms with Crippen LogP contribution in [0.25, 0.3) is 0 Å². The van der Waals surface area contributed by atoms with Gasteiger partial charge in [-0.25, -0.2) is 8.42 Å². The summed E-state index contributed by atoms with van der Waals surface area (Å²) in [5, 5.41) is 8.94. The number of benzene rings is 1. The highest BCUT2D eigenvalue weighted by Crippen LogP contribution is 2.13. The van der Waals surface area contributed by atoms with E-state index in [2.05, 4.69) is 16.7 Å². The van der Waals surface area contributed by atoms with Gasteiger partial charge in [-0.2, -0.15) is 0 Å². The van der Waals surface area contributed by atoms with Crippen LogP contribution in [-0.4, -0.2) is 37.7 Å². The fourth-order valence-electron chi connectivity index (χ4n) is 0.718. The van der Waals surface area contributed by atoms with Crippen LogP contribution in [0.1, 0.15) is 0 Å². The van der Waals surface area contributed by atoms with E-state index in [0.29, 0.717) is 16.6 Å². The van der Waals surface area contributed by atoms with Gasteiger partial charge >= 0.3 is 0 Å². The van der Waals surface area contributed by atoms with Crippen LogP contribution in [0.15, 0.2) is 29.2 Å². The third-order valence-electron chi connectivity index (χ3n) is 1.51. The molecule has 1 rings (SSSR count). The number of rotatable bonds is 2. The summed E-state index contributed by atoms with van der Waals surface area (Å²) >= 11 is 0. The highest BCUT2D eigenvalue weighted by molar-refractivity contribution is 7.95. The Hall–Kier alpha value is -0.760. The lowest BCUT2D eigenvalue weighted by Crippen LogP contribution is -1.97. The first kappa shape index (κ1) is 15.2. The molecule has 1 aromatic carbocycles. The average molecular weight is 266 g/mol. The first-order chi connectivity index (χ1) is 7.26. The number of aromatic hydroxyl groups is 1. The zero-order valence-electron chi connectivity index (χ0n) is 9.21. The van der Waals surface area contributed by atoms with Crippen LogP contribution in [0.5, 0.6) is 5.75 Å². The second-order valence-electron chi connectivity index (χ2n) is 2.89. The smallest absolute Gasteiger partial charge is 0.217 e. The van der Waals surface area contributed by atoms with Crippen molar-refractivity contribution in [3.8, 4) is 5.75 Å². The van der Waals surface area contributed by atoms with E-state index in [-0.39, 0.29) is 0 Å². The van der Waals surface area contributed by atoms with Crippen molar-refractivity contribution in [1.82, 2.24) is 0 Å². The Kier molecular flexibility index (Phi) is 6.42. The molecule has 0 aliphatic heterocycles. The molecule has 0 spiro atoms. The zero-order valence-corrected chi connectivity index (χ0v) is 10.8. The predicted octanol–water partition coefficient (Wildman–Crippen LogP) is 0.722. The van der Waals surface area contributed by atoms with E-state index >= 15 is 0 Å². The maximum Gasteiger partial charge on any atom is 0.217 e. The molecule has 92 valence electrons. The van der Waals surface area contributed by atoms with Gasteiger partial charge in [-0.05, 0) is 24.3 Å². The lowest BCUT2D eigenvalue weighted by Gasteiger charge is -1.98. The second-order valence-corrected chi connectivity index (χ2v) is 6.14. The number of phenols is 1. The molecule has 0 radical (unpaired) electrons. The third kappa shape index (κ3) is 7.52. The molecule has 0 amide bonds. The Morgan fingerprint density at radius 2 is 1.62 bits per heavy atom. The van der Waals surface area contributed by atoms with E-state index in [1.54, 1.807) is 12.1 Å². The van der Waals surface area contributed by atoms with E-state index in [9.17, 15) is 13.0 Å². The standard InChI is InChI=1S/C8H10OS.CH4O4S/c1-10(2)8-5-3-7(9)4-6-8;1-5-6(2,3)4/h3-6H,1-2H3;1H3,(H,2,3,4). The van der Waals surface area contributed by atoms with Gasteiger partial charge in [-0.1, -0.05) is 0 Å². The Morgan fingerprint density at radius 1 is 1.25 bits per heavy atom. The van der Waals surface area contributed by atoms with Gasteiger partial charge in [-0.3, -0.25) is 4.18 Å². The summed E-state index contributed by atoms with van der Waals surface area (Å²) < 4.78 is 31.0. The van der Waals surface area contributed by atoms with Crippen LogP contribution < -0.4 is 0 Å². The van der Waals surface area contributed by atoms with Crippen LogP contribution in [0.2, 0.25) is 0 Å². The molecule has 5 nitrogen and oxygen atoms in total. The van der Waals surface area contributed by atoms with Crippen molar-refractivity contribution in [3.63, 3.8) is 0 Å². The molecular formula is C9H14O5S2. The molecule has 0 saturated heterocycles. The van der Waals surface area contributed by atoms with Gasteiger partial charge in [0.1, 0.15) is 18.3 Å². The van der Waals surface area contributed by atoms with Gasteiger partial charge in [0, 0.05) is 10.9 Å². The minimum atomic E-state index is -4.41. The van der Waals surface area contributed by atoms with Crippen LogP contribution in [0.4, 0.5) is 0 Å². The quantitative estimate of drug-likeness (QED) is 0.484. The van der Waals surface area contributed by atoms with Gasteiger partial charge in [0.2, 0.25) is 10.4 Å². The molecule has 1 N–H and O–H groups in total. The molecule has 0 aliphatic carbocycles. The van der Waals surface area contributed by atoms with Crippen molar-refractivity contribution in [3.05, 3.63) is 24.3 Å². The summed E-state index contributed by atoms with van der Waals surface area (Å²) in [6.45, 7) is 0. The summed E-state index contributed by atoms with van der Waals surface area (Å²) in [5.74, 6) is 0.342. The van der Waals surface area contributed by atoms with Crippen molar-refractivity contribution >= 4 is 21.3 Å². The Balaban J connectivity index is 0.000000325. The molecule has 0 aliphatic rings. The number of hydrogen-bond acceptors (Lipinski definition) is 5. The normalized spacial score (nSPS) is 10.8. The highest BCUT2D eigenvalue weighted by atomic mass is 32.3. The van der Waals surface area contributed by atoms with E-state index in [0.717, 1.165) is 7.11 Å². The second kappa shape index (κ2) is 6.74. The van der Waals surface area contributed by atoms with Gasteiger partial charge in [0.15, 0.2) is 4.90 Å².